The standard InChI is InChI=1S/C12H19N5O3/c1-12(2,3)20-11(19)16-8-6-15(7-9-16)10(18)17-13-4-5-14-17/h4-5H,6-9H2,1-3H3. The van der Waals surface area contributed by atoms with E-state index in [-0.39, 0.29) is 12.1 Å². The molecule has 0 spiro atoms. The lowest BCUT2D eigenvalue weighted by Crippen LogP contribution is -2.52. The third-order valence-corrected chi connectivity index (χ3v) is 2.79. The Balaban J connectivity index is 1.86. The molecule has 8 nitrogen and oxygen atoms in total. The van der Waals surface area contributed by atoms with Gasteiger partial charge in [-0.3, -0.25) is 0 Å². The Hall–Kier alpha value is -2.12. The molecule has 0 aliphatic carbocycles. The van der Waals surface area contributed by atoms with Crippen LogP contribution in [-0.2, 0) is 4.74 Å². The van der Waals surface area contributed by atoms with E-state index in [9.17, 15) is 9.59 Å². The molecular weight excluding hydrogens is 262 g/mol. The molecule has 1 saturated heterocycles. The number of amides is 2. The zero-order valence-corrected chi connectivity index (χ0v) is 11.9. The minimum Gasteiger partial charge on any atom is -0.444 e. The van der Waals surface area contributed by atoms with Crippen molar-refractivity contribution in [2.75, 3.05) is 26.2 Å². The molecule has 1 aliphatic heterocycles. The van der Waals surface area contributed by atoms with Gasteiger partial charge in [0, 0.05) is 26.2 Å². The van der Waals surface area contributed by atoms with Gasteiger partial charge in [-0.15, -0.1) is 0 Å². The molecule has 8 heteroatoms. The molecular formula is C12H19N5O3. The first kappa shape index (κ1) is 14.3. The topological polar surface area (TPSA) is 80.6 Å². The van der Waals surface area contributed by atoms with Gasteiger partial charge < -0.3 is 14.5 Å². The minimum absolute atomic E-state index is 0.279. The second-order valence-corrected chi connectivity index (χ2v) is 5.56. The summed E-state index contributed by atoms with van der Waals surface area (Å²) in [7, 11) is 0. The van der Waals surface area contributed by atoms with E-state index in [2.05, 4.69) is 10.2 Å². The first-order chi connectivity index (χ1) is 9.37. The smallest absolute Gasteiger partial charge is 0.410 e. The van der Waals surface area contributed by atoms with Crippen LogP contribution in [0.4, 0.5) is 9.59 Å². The second-order valence-electron chi connectivity index (χ2n) is 5.56. The summed E-state index contributed by atoms with van der Waals surface area (Å²) in [6.45, 7) is 7.26. The number of aromatic nitrogens is 3. The number of hydrogen-bond acceptors (Lipinski definition) is 5. The first-order valence-electron chi connectivity index (χ1n) is 6.50. The Morgan fingerprint density at radius 2 is 1.50 bits per heavy atom. The van der Waals surface area contributed by atoms with Crippen molar-refractivity contribution >= 4 is 12.1 Å². The highest BCUT2D eigenvalue weighted by Gasteiger charge is 2.28. The molecule has 1 aliphatic rings. The van der Waals surface area contributed by atoms with E-state index in [0.29, 0.717) is 26.2 Å². The van der Waals surface area contributed by atoms with Crippen LogP contribution in [0.3, 0.4) is 0 Å². The van der Waals surface area contributed by atoms with Crippen molar-refractivity contribution in [1.82, 2.24) is 24.8 Å². The fourth-order valence-corrected chi connectivity index (χ4v) is 1.85. The molecule has 1 fully saturated rings. The van der Waals surface area contributed by atoms with Crippen molar-refractivity contribution in [3.8, 4) is 0 Å². The van der Waals surface area contributed by atoms with Crippen molar-refractivity contribution in [1.29, 1.82) is 0 Å². The van der Waals surface area contributed by atoms with Crippen LogP contribution in [0.5, 0.6) is 0 Å². The highest BCUT2D eigenvalue weighted by atomic mass is 16.6. The summed E-state index contributed by atoms with van der Waals surface area (Å²) in [5, 5.41) is 7.61. The number of carbonyl (C=O) groups is 2. The van der Waals surface area contributed by atoms with Gasteiger partial charge in [0.1, 0.15) is 5.60 Å². The van der Waals surface area contributed by atoms with Crippen LogP contribution in [-0.4, -0.2) is 68.7 Å². The Kier molecular flexibility index (Phi) is 3.91. The summed E-state index contributed by atoms with van der Waals surface area (Å²) in [6, 6.07) is -0.279. The van der Waals surface area contributed by atoms with Crippen LogP contribution in [0.2, 0.25) is 0 Å². The number of nitrogens with zero attached hydrogens (tertiary/aromatic N) is 5. The Morgan fingerprint density at radius 1 is 1.00 bits per heavy atom. The van der Waals surface area contributed by atoms with Gasteiger partial charge in [0.05, 0.1) is 12.4 Å². The Morgan fingerprint density at radius 3 is 2.00 bits per heavy atom. The molecule has 2 rings (SSSR count). The molecule has 110 valence electrons. The maximum Gasteiger partial charge on any atom is 0.410 e. The average molecular weight is 281 g/mol. The molecule has 1 aromatic heterocycles. The zero-order valence-electron chi connectivity index (χ0n) is 11.9. The van der Waals surface area contributed by atoms with E-state index in [1.165, 1.54) is 12.4 Å². The van der Waals surface area contributed by atoms with Crippen LogP contribution >= 0.6 is 0 Å². The van der Waals surface area contributed by atoms with E-state index in [1.807, 2.05) is 20.8 Å². The van der Waals surface area contributed by atoms with Gasteiger partial charge in [-0.05, 0) is 20.8 Å². The Labute approximate surface area is 117 Å². The summed E-state index contributed by atoms with van der Waals surface area (Å²) in [5.74, 6) is 0. The highest BCUT2D eigenvalue weighted by Crippen LogP contribution is 2.12. The van der Waals surface area contributed by atoms with Crippen molar-refractivity contribution in [2.24, 2.45) is 0 Å². The number of hydrogen-bond donors (Lipinski definition) is 0. The second kappa shape index (κ2) is 5.48. The van der Waals surface area contributed by atoms with Crippen LogP contribution in [0, 0.1) is 0 Å². The molecule has 20 heavy (non-hydrogen) atoms. The molecule has 1 aromatic rings. The summed E-state index contributed by atoms with van der Waals surface area (Å²) in [6.07, 6.45) is 2.56. The SMILES string of the molecule is CC(C)(C)OC(=O)N1CCN(C(=O)n2nccn2)CC1. The molecule has 0 unspecified atom stereocenters. The van der Waals surface area contributed by atoms with Gasteiger partial charge in [0.15, 0.2) is 0 Å². The molecule has 0 atom stereocenters. The average Bonchev–Trinajstić information content (AvgIpc) is 2.90. The monoisotopic (exact) mass is 281 g/mol. The normalized spacial score (nSPS) is 16.1. The fourth-order valence-electron chi connectivity index (χ4n) is 1.85. The summed E-state index contributed by atoms with van der Waals surface area (Å²) in [4.78, 5) is 28.1. The third kappa shape index (κ3) is 3.46. The number of ether oxygens (including phenoxy) is 1. The molecule has 2 amide bonds. The lowest BCUT2D eigenvalue weighted by atomic mass is 10.2. The van der Waals surface area contributed by atoms with Gasteiger partial charge in [-0.1, -0.05) is 4.80 Å². The minimum atomic E-state index is -0.511. The number of carbonyl (C=O) groups excluding carboxylic acids is 2. The van der Waals surface area contributed by atoms with Gasteiger partial charge in [-0.25, -0.2) is 9.59 Å². The van der Waals surface area contributed by atoms with E-state index in [4.69, 9.17) is 4.74 Å². The molecule has 0 saturated carbocycles. The summed E-state index contributed by atoms with van der Waals surface area (Å²) < 4.78 is 5.30. The summed E-state index contributed by atoms with van der Waals surface area (Å²) in [5.41, 5.74) is -0.511. The molecule has 0 bridgehead atoms. The van der Waals surface area contributed by atoms with E-state index >= 15 is 0 Å². The van der Waals surface area contributed by atoms with Gasteiger partial charge in [0.25, 0.3) is 0 Å². The third-order valence-electron chi connectivity index (χ3n) is 2.79. The first-order valence-corrected chi connectivity index (χ1v) is 6.50. The maximum atomic E-state index is 12.0. The van der Waals surface area contributed by atoms with Crippen molar-refractivity contribution in [2.45, 2.75) is 26.4 Å². The van der Waals surface area contributed by atoms with Crippen LogP contribution < -0.4 is 0 Å². The van der Waals surface area contributed by atoms with Crippen molar-refractivity contribution in [3.63, 3.8) is 0 Å². The Bertz CT molecular complexity index is 472. The lowest BCUT2D eigenvalue weighted by Gasteiger charge is -2.35. The molecule has 0 aromatic carbocycles. The molecule has 2 heterocycles. The fraction of sp³-hybridized carbons (Fsp3) is 0.667. The molecule has 0 N–H and O–H groups in total. The van der Waals surface area contributed by atoms with Crippen LogP contribution in [0.15, 0.2) is 12.4 Å². The quantitative estimate of drug-likeness (QED) is 0.702. The predicted molar refractivity (Wildman–Crippen MR) is 70.2 cm³/mol. The van der Waals surface area contributed by atoms with Gasteiger partial charge in [-0.2, -0.15) is 10.2 Å². The number of piperazine rings is 1. The van der Waals surface area contributed by atoms with Crippen molar-refractivity contribution in [3.05, 3.63) is 12.4 Å². The lowest BCUT2D eigenvalue weighted by molar-refractivity contribution is 0.0169. The van der Waals surface area contributed by atoms with Crippen LogP contribution in [0.25, 0.3) is 0 Å². The summed E-state index contributed by atoms with van der Waals surface area (Å²) >= 11 is 0. The number of rotatable bonds is 0. The van der Waals surface area contributed by atoms with Gasteiger partial charge in [0.2, 0.25) is 0 Å². The van der Waals surface area contributed by atoms with Gasteiger partial charge >= 0.3 is 12.1 Å². The van der Waals surface area contributed by atoms with Crippen LogP contribution in [0.1, 0.15) is 20.8 Å². The van der Waals surface area contributed by atoms with E-state index in [1.54, 1.807) is 9.80 Å². The largest absolute Gasteiger partial charge is 0.444 e. The van der Waals surface area contributed by atoms with E-state index < -0.39 is 5.60 Å². The van der Waals surface area contributed by atoms with Crippen molar-refractivity contribution < 1.29 is 14.3 Å². The van der Waals surface area contributed by atoms with E-state index in [0.717, 1.165) is 4.80 Å². The zero-order chi connectivity index (χ0) is 14.8. The maximum absolute atomic E-state index is 12.0. The molecule has 0 radical (unpaired) electrons. The predicted octanol–water partition coefficient (Wildman–Crippen LogP) is 0.799. The highest BCUT2D eigenvalue weighted by molar-refractivity contribution is 5.75.